The van der Waals surface area contributed by atoms with Gasteiger partial charge in [0.1, 0.15) is 17.8 Å². The molecule has 2 fully saturated rings. The van der Waals surface area contributed by atoms with Crippen LogP contribution in [0.2, 0.25) is 0 Å². The third-order valence-corrected chi connectivity index (χ3v) is 6.60. The van der Waals surface area contributed by atoms with Gasteiger partial charge in [-0.15, -0.1) is 0 Å². The van der Waals surface area contributed by atoms with Gasteiger partial charge in [-0.25, -0.2) is 4.98 Å². The van der Waals surface area contributed by atoms with E-state index in [1.54, 1.807) is 11.3 Å². The Bertz CT molecular complexity index is 954. The molecule has 3 amide bonds. The molecule has 31 heavy (non-hydrogen) atoms. The van der Waals surface area contributed by atoms with E-state index in [4.69, 9.17) is 9.72 Å². The molecular formula is C21H27N5O4S. The zero-order valence-electron chi connectivity index (χ0n) is 17.6. The number of carbonyl (C=O) groups is 3. The average molecular weight is 446 g/mol. The summed E-state index contributed by atoms with van der Waals surface area (Å²) < 4.78 is 6.82. The number of fused-ring (bicyclic) bond motifs is 1. The molecule has 2 aliphatic rings. The lowest BCUT2D eigenvalue weighted by molar-refractivity contribution is -0.142. The Hall–Kier alpha value is -2.72. The van der Waals surface area contributed by atoms with Crippen LogP contribution in [-0.4, -0.2) is 84.9 Å². The van der Waals surface area contributed by atoms with Crippen molar-refractivity contribution in [3.63, 3.8) is 0 Å². The number of thiazole rings is 1. The van der Waals surface area contributed by atoms with Crippen molar-refractivity contribution in [1.29, 1.82) is 0 Å². The van der Waals surface area contributed by atoms with Crippen LogP contribution in [0.4, 0.5) is 5.13 Å². The second kappa shape index (κ2) is 9.61. The van der Waals surface area contributed by atoms with Gasteiger partial charge in [0.2, 0.25) is 17.7 Å². The maximum atomic E-state index is 12.0. The summed E-state index contributed by atoms with van der Waals surface area (Å²) in [5.74, 6) is 0.00927. The van der Waals surface area contributed by atoms with Gasteiger partial charge in [-0.05, 0) is 19.1 Å². The lowest BCUT2D eigenvalue weighted by Gasteiger charge is -2.34. The summed E-state index contributed by atoms with van der Waals surface area (Å²) in [6.45, 7) is 7.14. The predicted molar refractivity (Wildman–Crippen MR) is 118 cm³/mol. The number of carbonyl (C=O) groups excluding carboxylic acids is 3. The van der Waals surface area contributed by atoms with Crippen LogP contribution in [-0.2, 0) is 14.4 Å². The van der Waals surface area contributed by atoms with E-state index in [-0.39, 0.29) is 37.1 Å². The summed E-state index contributed by atoms with van der Waals surface area (Å²) in [5, 5.41) is 3.82. The number of hydrogen-bond acceptors (Lipinski definition) is 8. The quantitative estimate of drug-likeness (QED) is 0.608. The van der Waals surface area contributed by atoms with Gasteiger partial charge in [-0.2, -0.15) is 0 Å². The molecule has 1 aromatic carbocycles. The summed E-state index contributed by atoms with van der Waals surface area (Å²) in [7, 11) is 0. The van der Waals surface area contributed by atoms with Gasteiger partial charge in [0.05, 0.1) is 11.3 Å². The highest BCUT2D eigenvalue weighted by molar-refractivity contribution is 7.22. The van der Waals surface area contributed by atoms with Crippen molar-refractivity contribution in [2.45, 2.75) is 19.8 Å². The summed E-state index contributed by atoms with van der Waals surface area (Å²) in [6.07, 6.45) is 0.413. The minimum absolute atomic E-state index is 0.174. The topological polar surface area (TPSA) is 95.1 Å². The van der Waals surface area contributed by atoms with Gasteiger partial charge < -0.3 is 15.0 Å². The summed E-state index contributed by atoms with van der Waals surface area (Å²) >= 11 is 1.68. The molecule has 166 valence electrons. The molecule has 0 bridgehead atoms. The standard InChI is InChI=1S/C21H27N5O4S/c1-2-30-15-4-3-5-16-20(15)23-21(31-16)25-12-10-24(11-13-25)9-8-22-17(27)14-26-18(28)6-7-19(26)29/h3-5H,2,6-14H2,1H3,(H,22,27). The van der Waals surface area contributed by atoms with Crippen molar-refractivity contribution in [3.8, 4) is 5.75 Å². The second-order valence-corrected chi connectivity index (χ2v) is 8.59. The highest BCUT2D eigenvalue weighted by Gasteiger charge is 2.30. The molecule has 2 saturated heterocycles. The van der Waals surface area contributed by atoms with Crippen LogP contribution in [0.3, 0.4) is 0 Å². The van der Waals surface area contributed by atoms with E-state index in [2.05, 4.69) is 21.2 Å². The number of hydrogen-bond donors (Lipinski definition) is 1. The van der Waals surface area contributed by atoms with E-state index in [1.165, 1.54) is 0 Å². The molecule has 0 spiro atoms. The largest absolute Gasteiger partial charge is 0.492 e. The number of nitrogens with one attached hydrogen (secondary N) is 1. The Balaban J connectivity index is 1.22. The Morgan fingerprint density at radius 2 is 1.90 bits per heavy atom. The zero-order chi connectivity index (χ0) is 21.8. The molecule has 10 heteroatoms. The highest BCUT2D eigenvalue weighted by atomic mass is 32.1. The lowest BCUT2D eigenvalue weighted by atomic mass is 10.3. The van der Waals surface area contributed by atoms with Crippen LogP contribution < -0.4 is 15.0 Å². The van der Waals surface area contributed by atoms with Crippen molar-refractivity contribution in [2.75, 3.05) is 57.3 Å². The molecule has 9 nitrogen and oxygen atoms in total. The molecule has 3 heterocycles. The molecule has 0 saturated carbocycles. The maximum absolute atomic E-state index is 12.0. The molecule has 0 radical (unpaired) electrons. The van der Waals surface area contributed by atoms with Crippen molar-refractivity contribution in [2.24, 2.45) is 0 Å². The normalized spacial score (nSPS) is 17.6. The first-order chi connectivity index (χ1) is 15.0. The SMILES string of the molecule is CCOc1cccc2sc(N3CCN(CCNC(=O)CN4C(=O)CCC4=O)CC3)nc12. The molecule has 2 aromatic rings. The molecule has 0 atom stereocenters. The van der Waals surface area contributed by atoms with Crippen molar-refractivity contribution < 1.29 is 19.1 Å². The van der Waals surface area contributed by atoms with Crippen LogP contribution in [0.1, 0.15) is 19.8 Å². The number of imide groups is 1. The van der Waals surface area contributed by atoms with E-state index in [0.717, 1.165) is 58.7 Å². The van der Waals surface area contributed by atoms with E-state index in [1.807, 2.05) is 19.1 Å². The number of piperazine rings is 1. The molecule has 1 aromatic heterocycles. The van der Waals surface area contributed by atoms with Gasteiger partial charge in [0.15, 0.2) is 5.13 Å². The number of nitrogens with zero attached hydrogens (tertiary/aromatic N) is 4. The number of rotatable bonds is 8. The van der Waals surface area contributed by atoms with Gasteiger partial charge in [-0.3, -0.25) is 24.2 Å². The monoisotopic (exact) mass is 445 g/mol. The van der Waals surface area contributed by atoms with Crippen LogP contribution >= 0.6 is 11.3 Å². The molecule has 0 unspecified atom stereocenters. The van der Waals surface area contributed by atoms with E-state index in [0.29, 0.717) is 13.2 Å². The molecule has 0 aliphatic carbocycles. The summed E-state index contributed by atoms with van der Waals surface area (Å²) in [6, 6.07) is 6.02. The van der Waals surface area contributed by atoms with Crippen molar-refractivity contribution in [3.05, 3.63) is 18.2 Å². The third kappa shape index (κ3) is 4.96. The van der Waals surface area contributed by atoms with Crippen LogP contribution in [0.5, 0.6) is 5.75 Å². The van der Waals surface area contributed by atoms with Crippen molar-refractivity contribution in [1.82, 2.24) is 20.1 Å². The van der Waals surface area contributed by atoms with Gasteiger partial charge in [0, 0.05) is 52.1 Å². The summed E-state index contributed by atoms with van der Waals surface area (Å²) in [5.41, 5.74) is 0.921. The minimum atomic E-state index is -0.290. The Kier molecular flexibility index (Phi) is 6.67. The smallest absolute Gasteiger partial charge is 0.240 e. The Morgan fingerprint density at radius 1 is 1.16 bits per heavy atom. The van der Waals surface area contributed by atoms with Crippen LogP contribution in [0, 0.1) is 0 Å². The predicted octanol–water partition coefficient (Wildman–Crippen LogP) is 1.08. The number of benzene rings is 1. The van der Waals surface area contributed by atoms with E-state index < -0.39 is 0 Å². The van der Waals surface area contributed by atoms with Crippen LogP contribution in [0.25, 0.3) is 10.2 Å². The number of para-hydroxylation sites is 1. The van der Waals surface area contributed by atoms with Gasteiger partial charge in [-0.1, -0.05) is 17.4 Å². The first-order valence-corrected chi connectivity index (χ1v) is 11.5. The first-order valence-electron chi connectivity index (χ1n) is 10.6. The molecule has 2 aliphatic heterocycles. The first kappa shape index (κ1) is 21.5. The molecular weight excluding hydrogens is 418 g/mol. The number of likely N-dealkylation sites (tertiary alicyclic amines) is 1. The average Bonchev–Trinajstić information content (AvgIpc) is 3.34. The highest BCUT2D eigenvalue weighted by Crippen LogP contribution is 2.34. The minimum Gasteiger partial charge on any atom is -0.492 e. The maximum Gasteiger partial charge on any atom is 0.240 e. The number of ether oxygens (including phenoxy) is 1. The fourth-order valence-electron chi connectivity index (χ4n) is 3.83. The Morgan fingerprint density at radius 3 is 2.61 bits per heavy atom. The number of aromatic nitrogens is 1. The van der Waals surface area contributed by atoms with Gasteiger partial charge in [0.25, 0.3) is 0 Å². The van der Waals surface area contributed by atoms with Crippen LogP contribution in [0.15, 0.2) is 18.2 Å². The lowest BCUT2D eigenvalue weighted by Crippen LogP contribution is -2.49. The Labute approximate surface area is 184 Å². The summed E-state index contributed by atoms with van der Waals surface area (Å²) in [4.78, 5) is 45.7. The number of anilines is 1. The zero-order valence-corrected chi connectivity index (χ0v) is 18.4. The number of amides is 3. The van der Waals surface area contributed by atoms with E-state index in [9.17, 15) is 14.4 Å². The van der Waals surface area contributed by atoms with E-state index >= 15 is 0 Å². The fraction of sp³-hybridized carbons (Fsp3) is 0.524. The fourth-order valence-corrected chi connectivity index (χ4v) is 4.87. The van der Waals surface area contributed by atoms with Crippen molar-refractivity contribution >= 4 is 44.4 Å². The molecule has 1 N–H and O–H groups in total. The second-order valence-electron chi connectivity index (χ2n) is 7.58. The molecule has 4 rings (SSSR count). The van der Waals surface area contributed by atoms with Gasteiger partial charge >= 0.3 is 0 Å². The third-order valence-electron chi connectivity index (χ3n) is 5.52.